The van der Waals surface area contributed by atoms with Crippen LogP contribution in [0, 0.1) is 0 Å². The van der Waals surface area contributed by atoms with Crippen molar-refractivity contribution in [3.8, 4) is 5.75 Å². The number of aliphatic hydroxyl groups is 1. The Hall–Kier alpha value is -2.59. The number of nitrogens with one attached hydrogen (secondary N) is 1. The summed E-state index contributed by atoms with van der Waals surface area (Å²) in [6.45, 7) is 3.11. The number of benzene rings is 2. The Balaban J connectivity index is 1.92. The number of fused-ring (bicyclic) bond motifs is 1. The Morgan fingerprint density at radius 1 is 1.19 bits per heavy atom. The standard InChI is InChI=1S/C23H27NO3/c1-23(2,26)22(25)13-17(10-9-16-7-5-4-6-8-16)20-15-24-21-12-11-18(27-3)14-19(20)21/h4-8,11-12,14-15,17,24,26H,9-10,13H2,1-3H3/t17-/m0/s1. The van der Waals surface area contributed by atoms with Crippen molar-refractivity contribution >= 4 is 16.7 Å². The molecule has 0 bridgehead atoms. The van der Waals surface area contributed by atoms with Crippen LogP contribution < -0.4 is 4.74 Å². The zero-order valence-corrected chi connectivity index (χ0v) is 16.2. The molecule has 0 amide bonds. The van der Waals surface area contributed by atoms with Gasteiger partial charge in [-0.1, -0.05) is 30.3 Å². The molecule has 0 spiro atoms. The summed E-state index contributed by atoms with van der Waals surface area (Å²) in [6.07, 6.45) is 4.00. The van der Waals surface area contributed by atoms with Crippen LogP contribution >= 0.6 is 0 Å². The average molecular weight is 365 g/mol. The molecule has 0 aliphatic rings. The quantitative estimate of drug-likeness (QED) is 0.612. The van der Waals surface area contributed by atoms with Gasteiger partial charge in [-0.3, -0.25) is 4.79 Å². The van der Waals surface area contributed by atoms with Crippen LogP contribution in [0.1, 0.15) is 43.7 Å². The maximum Gasteiger partial charge on any atom is 0.164 e. The summed E-state index contributed by atoms with van der Waals surface area (Å²) in [5.41, 5.74) is 2.04. The van der Waals surface area contributed by atoms with Crippen LogP contribution in [0.5, 0.6) is 5.75 Å². The van der Waals surface area contributed by atoms with E-state index in [0.29, 0.717) is 6.42 Å². The zero-order chi connectivity index (χ0) is 19.4. The summed E-state index contributed by atoms with van der Waals surface area (Å²) in [4.78, 5) is 15.9. The number of ketones is 1. The Bertz CT molecular complexity index is 906. The molecule has 3 aromatic rings. The van der Waals surface area contributed by atoms with Crippen LogP contribution in [-0.4, -0.2) is 28.6 Å². The molecule has 0 unspecified atom stereocenters. The molecular formula is C23H27NO3. The van der Waals surface area contributed by atoms with E-state index in [1.807, 2.05) is 42.6 Å². The monoisotopic (exact) mass is 365 g/mol. The molecule has 0 radical (unpaired) electrons. The Kier molecular flexibility index (Phi) is 5.66. The summed E-state index contributed by atoms with van der Waals surface area (Å²) in [7, 11) is 1.65. The van der Waals surface area contributed by atoms with Crippen molar-refractivity contribution in [1.82, 2.24) is 4.98 Å². The molecule has 0 aliphatic carbocycles. The van der Waals surface area contributed by atoms with Crippen LogP contribution in [0.15, 0.2) is 54.7 Å². The van der Waals surface area contributed by atoms with Crippen LogP contribution in [0.4, 0.5) is 0 Å². The van der Waals surface area contributed by atoms with Crippen molar-refractivity contribution in [2.45, 2.75) is 44.6 Å². The van der Waals surface area contributed by atoms with E-state index in [4.69, 9.17) is 4.74 Å². The lowest BCUT2D eigenvalue weighted by atomic mass is 9.84. The molecule has 0 aliphatic heterocycles. The second-order valence-corrected chi connectivity index (χ2v) is 7.56. The lowest BCUT2D eigenvalue weighted by Crippen LogP contribution is -2.32. The number of carbonyl (C=O) groups is 1. The van der Waals surface area contributed by atoms with Crippen molar-refractivity contribution in [1.29, 1.82) is 0 Å². The third kappa shape index (κ3) is 4.58. The molecule has 4 nitrogen and oxygen atoms in total. The minimum absolute atomic E-state index is 0.0185. The van der Waals surface area contributed by atoms with Gasteiger partial charge in [0.1, 0.15) is 11.4 Å². The van der Waals surface area contributed by atoms with Crippen LogP contribution in [-0.2, 0) is 11.2 Å². The summed E-state index contributed by atoms with van der Waals surface area (Å²) >= 11 is 0. The largest absolute Gasteiger partial charge is 0.497 e. The number of hydrogen-bond donors (Lipinski definition) is 2. The molecule has 27 heavy (non-hydrogen) atoms. The van der Waals surface area contributed by atoms with Gasteiger partial charge in [0.2, 0.25) is 0 Å². The molecule has 0 fully saturated rings. The number of aromatic nitrogens is 1. The molecule has 1 aromatic heterocycles. The molecule has 2 aromatic carbocycles. The summed E-state index contributed by atoms with van der Waals surface area (Å²) in [6, 6.07) is 16.2. The number of hydrogen-bond acceptors (Lipinski definition) is 3. The van der Waals surface area contributed by atoms with E-state index in [9.17, 15) is 9.90 Å². The average Bonchev–Trinajstić information content (AvgIpc) is 3.08. The van der Waals surface area contributed by atoms with E-state index in [-0.39, 0.29) is 11.7 Å². The minimum atomic E-state index is -1.32. The van der Waals surface area contributed by atoms with E-state index < -0.39 is 5.60 Å². The first-order valence-corrected chi connectivity index (χ1v) is 9.33. The number of Topliss-reactive ketones (excluding diaryl/α,β-unsaturated/α-hetero) is 1. The maximum absolute atomic E-state index is 12.6. The molecule has 1 heterocycles. The normalized spacial score (nSPS) is 12.9. The first-order valence-electron chi connectivity index (χ1n) is 9.33. The first kappa shape index (κ1) is 19.2. The second-order valence-electron chi connectivity index (χ2n) is 7.56. The number of aryl methyl sites for hydroxylation is 1. The number of carbonyl (C=O) groups excluding carboxylic acids is 1. The first-order chi connectivity index (χ1) is 12.9. The van der Waals surface area contributed by atoms with Crippen molar-refractivity contribution in [2.75, 3.05) is 7.11 Å². The van der Waals surface area contributed by atoms with Gasteiger partial charge >= 0.3 is 0 Å². The van der Waals surface area contributed by atoms with Crippen molar-refractivity contribution < 1.29 is 14.6 Å². The summed E-state index contributed by atoms with van der Waals surface area (Å²) in [5.74, 6) is 0.668. The number of rotatable bonds is 8. The van der Waals surface area contributed by atoms with E-state index in [2.05, 4.69) is 17.1 Å². The van der Waals surface area contributed by atoms with Gasteiger partial charge in [-0.05, 0) is 61.9 Å². The Morgan fingerprint density at radius 2 is 1.93 bits per heavy atom. The highest BCUT2D eigenvalue weighted by molar-refractivity contribution is 5.89. The minimum Gasteiger partial charge on any atom is -0.497 e. The van der Waals surface area contributed by atoms with Crippen LogP contribution in [0.2, 0.25) is 0 Å². The number of aromatic amines is 1. The highest BCUT2D eigenvalue weighted by atomic mass is 16.5. The third-order valence-corrected chi connectivity index (χ3v) is 5.10. The van der Waals surface area contributed by atoms with Gasteiger partial charge in [0.15, 0.2) is 5.78 Å². The molecule has 0 saturated heterocycles. The number of ether oxygens (including phenoxy) is 1. The van der Waals surface area contributed by atoms with Gasteiger partial charge in [-0.15, -0.1) is 0 Å². The Morgan fingerprint density at radius 3 is 2.59 bits per heavy atom. The third-order valence-electron chi connectivity index (χ3n) is 5.10. The van der Waals surface area contributed by atoms with E-state index in [1.54, 1.807) is 21.0 Å². The number of methoxy groups -OCH3 is 1. The Labute approximate surface area is 160 Å². The van der Waals surface area contributed by atoms with Crippen LogP contribution in [0.25, 0.3) is 10.9 Å². The van der Waals surface area contributed by atoms with E-state index >= 15 is 0 Å². The summed E-state index contributed by atoms with van der Waals surface area (Å²) in [5, 5.41) is 11.2. The van der Waals surface area contributed by atoms with Crippen molar-refractivity contribution in [3.63, 3.8) is 0 Å². The zero-order valence-electron chi connectivity index (χ0n) is 16.2. The number of H-pyrrole nitrogens is 1. The van der Waals surface area contributed by atoms with Gasteiger partial charge in [0.05, 0.1) is 7.11 Å². The molecule has 0 saturated carbocycles. The van der Waals surface area contributed by atoms with Gasteiger partial charge in [0.25, 0.3) is 0 Å². The highest BCUT2D eigenvalue weighted by Crippen LogP contribution is 2.34. The highest BCUT2D eigenvalue weighted by Gasteiger charge is 2.28. The predicted molar refractivity (Wildman–Crippen MR) is 108 cm³/mol. The van der Waals surface area contributed by atoms with E-state index in [0.717, 1.165) is 35.1 Å². The van der Waals surface area contributed by atoms with Crippen LogP contribution in [0.3, 0.4) is 0 Å². The fraction of sp³-hybridized carbons (Fsp3) is 0.348. The molecule has 2 N–H and O–H groups in total. The van der Waals surface area contributed by atoms with Crippen molar-refractivity contribution in [3.05, 3.63) is 65.9 Å². The fourth-order valence-corrected chi connectivity index (χ4v) is 3.41. The van der Waals surface area contributed by atoms with Gasteiger partial charge in [-0.25, -0.2) is 0 Å². The second kappa shape index (κ2) is 7.97. The fourth-order valence-electron chi connectivity index (χ4n) is 3.41. The lowest BCUT2D eigenvalue weighted by Gasteiger charge is -2.21. The molecule has 1 atom stereocenters. The smallest absolute Gasteiger partial charge is 0.164 e. The SMILES string of the molecule is COc1ccc2[nH]cc([C@@H](CCc3ccccc3)CC(=O)C(C)(C)O)c2c1. The van der Waals surface area contributed by atoms with Gasteiger partial charge in [0, 0.05) is 23.5 Å². The maximum atomic E-state index is 12.6. The molecule has 3 rings (SSSR count). The van der Waals surface area contributed by atoms with Gasteiger partial charge < -0.3 is 14.8 Å². The molecular weight excluding hydrogens is 338 g/mol. The summed E-state index contributed by atoms with van der Waals surface area (Å²) < 4.78 is 5.37. The molecule has 4 heteroatoms. The van der Waals surface area contributed by atoms with Gasteiger partial charge in [-0.2, -0.15) is 0 Å². The van der Waals surface area contributed by atoms with E-state index in [1.165, 1.54) is 5.56 Å². The van der Waals surface area contributed by atoms with Crippen molar-refractivity contribution in [2.24, 2.45) is 0 Å². The predicted octanol–water partition coefficient (Wildman–Crippen LogP) is 4.62. The molecule has 142 valence electrons. The topological polar surface area (TPSA) is 62.3 Å². The lowest BCUT2D eigenvalue weighted by molar-refractivity contribution is -0.134.